The van der Waals surface area contributed by atoms with Crippen LogP contribution in [0.5, 0.6) is 0 Å². The molecule has 1 aromatic carbocycles. The molecule has 0 N–H and O–H groups in total. The molecule has 1 fully saturated rings. The molecule has 0 radical (unpaired) electrons. The average Bonchev–Trinajstić information content (AvgIpc) is 3.04. The highest BCUT2D eigenvalue weighted by Gasteiger charge is 2.33. The van der Waals surface area contributed by atoms with Crippen LogP contribution in [0, 0.1) is 11.7 Å². The molecule has 1 aliphatic rings. The van der Waals surface area contributed by atoms with Gasteiger partial charge in [-0.15, -0.1) is 10.2 Å². The largest absolute Gasteiger partial charge is 0.418 e. The normalized spacial score (nSPS) is 18.4. The Morgan fingerprint density at radius 1 is 1.30 bits per heavy atom. The van der Waals surface area contributed by atoms with Gasteiger partial charge >= 0.3 is 0 Å². The van der Waals surface area contributed by atoms with Crippen LogP contribution in [0.1, 0.15) is 45.0 Å². The predicted molar refractivity (Wildman–Crippen MR) is 82.8 cm³/mol. The second kappa shape index (κ2) is 6.48. The molecule has 1 aromatic heterocycles. The van der Waals surface area contributed by atoms with Gasteiger partial charge in [0, 0.05) is 12.5 Å². The van der Waals surface area contributed by atoms with E-state index in [4.69, 9.17) is 4.42 Å². The molecule has 2 aromatic rings. The summed E-state index contributed by atoms with van der Waals surface area (Å²) in [6.07, 6.45) is 2.77. The number of rotatable bonds is 3. The first kappa shape index (κ1) is 15.6. The summed E-state index contributed by atoms with van der Waals surface area (Å²) in [7, 11) is 0. The summed E-state index contributed by atoms with van der Waals surface area (Å²) in [6, 6.07) is 6.07. The molecule has 23 heavy (non-hydrogen) atoms. The van der Waals surface area contributed by atoms with Gasteiger partial charge in [0.25, 0.3) is 5.89 Å². The number of nitrogens with zero attached hydrogens (tertiary/aromatic N) is 3. The second-order valence-electron chi connectivity index (χ2n) is 6.12. The molecule has 1 atom stereocenters. The molecule has 122 valence electrons. The van der Waals surface area contributed by atoms with E-state index in [1.165, 1.54) is 6.07 Å². The fourth-order valence-electron chi connectivity index (χ4n) is 2.90. The van der Waals surface area contributed by atoms with Crippen molar-refractivity contribution in [3.8, 4) is 11.5 Å². The van der Waals surface area contributed by atoms with E-state index in [9.17, 15) is 9.18 Å². The first-order valence-electron chi connectivity index (χ1n) is 7.96. The zero-order valence-electron chi connectivity index (χ0n) is 13.3. The molecule has 3 rings (SSSR count). The van der Waals surface area contributed by atoms with Gasteiger partial charge in [0.1, 0.15) is 11.9 Å². The number of amides is 1. The van der Waals surface area contributed by atoms with E-state index in [1.807, 2.05) is 18.7 Å². The van der Waals surface area contributed by atoms with Gasteiger partial charge in [-0.25, -0.2) is 4.39 Å². The summed E-state index contributed by atoms with van der Waals surface area (Å²) < 4.78 is 19.5. The molecule has 6 heteroatoms. The van der Waals surface area contributed by atoms with E-state index in [0.717, 1.165) is 19.3 Å². The average molecular weight is 317 g/mol. The Hall–Kier alpha value is -2.24. The van der Waals surface area contributed by atoms with Crippen LogP contribution in [-0.4, -0.2) is 27.5 Å². The monoisotopic (exact) mass is 317 g/mol. The molecule has 1 amide bonds. The number of carbonyl (C=O) groups excluding carboxylic acids is 1. The van der Waals surface area contributed by atoms with E-state index in [0.29, 0.717) is 12.4 Å². The fourth-order valence-corrected chi connectivity index (χ4v) is 2.90. The van der Waals surface area contributed by atoms with Crippen molar-refractivity contribution in [2.75, 3.05) is 6.54 Å². The van der Waals surface area contributed by atoms with Crippen LogP contribution in [0.15, 0.2) is 28.7 Å². The number of piperidine rings is 1. The second-order valence-corrected chi connectivity index (χ2v) is 6.12. The topological polar surface area (TPSA) is 59.2 Å². The summed E-state index contributed by atoms with van der Waals surface area (Å²) in [5.74, 6) is 0.143. The number of hydrogen-bond donors (Lipinski definition) is 0. The van der Waals surface area contributed by atoms with Crippen molar-refractivity contribution in [1.82, 2.24) is 15.1 Å². The Bertz CT molecular complexity index is 699. The van der Waals surface area contributed by atoms with Crippen molar-refractivity contribution >= 4 is 5.91 Å². The van der Waals surface area contributed by atoms with Crippen molar-refractivity contribution in [1.29, 1.82) is 0 Å². The molecule has 0 spiro atoms. The third-order valence-electron chi connectivity index (χ3n) is 4.11. The molecule has 0 aliphatic carbocycles. The number of aromatic nitrogens is 2. The van der Waals surface area contributed by atoms with Gasteiger partial charge in [0.15, 0.2) is 0 Å². The van der Waals surface area contributed by atoms with Crippen LogP contribution in [0.25, 0.3) is 11.5 Å². The quantitative estimate of drug-likeness (QED) is 0.868. The Kier molecular flexibility index (Phi) is 4.41. The van der Waals surface area contributed by atoms with Gasteiger partial charge < -0.3 is 9.32 Å². The zero-order valence-corrected chi connectivity index (χ0v) is 13.3. The van der Waals surface area contributed by atoms with Crippen molar-refractivity contribution in [3.05, 3.63) is 36.0 Å². The maximum absolute atomic E-state index is 13.8. The van der Waals surface area contributed by atoms with Gasteiger partial charge in [-0.3, -0.25) is 4.79 Å². The van der Waals surface area contributed by atoms with Gasteiger partial charge in [0.2, 0.25) is 11.8 Å². The summed E-state index contributed by atoms with van der Waals surface area (Å²) in [5, 5.41) is 8.04. The molecular formula is C17H20FN3O2. The maximum Gasteiger partial charge on any atom is 0.250 e. The minimum Gasteiger partial charge on any atom is -0.418 e. The fraction of sp³-hybridized carbons (Fsp3) is 0.471. The van der Waals surface area contributed by atoms with Gasteiger partial charge in [0.05, 0.1) is 5.56 Å². The highest BCUT2D eigenvalue weighted by atomic mass is 19.1. The molecule has 0 saturated carbocycles. The lowest BCUT2D eigenvalue weighted by molar-refractivity contribution is -0.139. The van der Waals surface area contributed by atoms with Crippen molar-refractivity contribution in [3.63, 3.8) is 0 Å². The molecular weight excluding hydrogens is 297 g/mol. The van der Waals surface area contributed by atoms with Crippen LogP contribution in [-0.2, 0) is 4.79 Å². The first-order chi connectivity index (χ1) is 11.1. The molecule has 5 nitrogen and oxygen atoms in total. The summed E-state index contributed by atoms with van der Waals surface area (Å²) in [4.78, 5) is 14.2. The SMILES string of the molecule is CC(C)C(=O)N1CCCC[C@H]1c1nnc(-c2ccccc2F)o1. The lowest BCUT2D eigenvalue weighted by Gasteiger charge is -2.34. The van der Waals surface area contributed by atoms with Crippen LogP contribution in [0.3, 0.4) is 0 Å². The van der Waals surface area contributed by atoms with Gasteiger partial charge in [-0.1, -0.05) is 26.0 Å². The third-order valence-corrected chi connectivity index (χ3v) is 4.11. The summed E-state index contributed by atoms with van der Waals surface area (Å²) in [6.45, 7) is 4.46. The van der Waals surface area contributed by atoms with E-state index < -0.39 is 5.82 Å². The minimum absolute atomic E-state index is 0.0791. The summed E-state index contributed by atoms with van der Waals surface area (Å²) >= 11 is 0. The highest BCUT2D eigenvalue weighted by Crippen LogP contribution is 2.33. The third kappa shape index (κ3) is 3.11. The Labute approximate surface area is 134 Å². The van der Waals surface area contributed by atoms with E-state index in [-0.39, 0.29) is 29.3 Å². The lowest BCUT2D eigenvalue weighted by atomic mass is 10.00. The van der Waals surface area contributed by atoms with Crippen molar-refractivity contribution < 1.29 is 13.6 Å². The predicted octanol–water partition coefficient (Wildman–Crippen LogP) is 3.59. The van der Waals surface area contributed by atoms with Crippen LogP contribution in [0.4, 0.5) is 4.39 Å². The number of likely N-dealkylation sites (tertiary alicyclic amines) is 1. The van der Waals surface area contributed by atoms with Crippen molar-refractivity contribution in [2.24, 2.45) is 5.92 Å². The maximum atomic E-state index is 13.8. The number of carbonyl (C=O) groups is 1. The Morgan fingerprint density at radius 3 is 2.83 bits per heavy atom. The molecule has 0 unspecified atom stereocenters. The van der Waals surface area contributed by atoms with E-state index >= 15 is 0 Å². The smallest absolute Gasteiger partial charge is 0.250 e. The number of hydrogen-bond acceptors (Lipinski definition) is 4. The van der Waals surface area contributed by atoms with E-state index in [2.05, 4.69) is 10.2 Å². The van der Waals surface area contributed by atoms with Crippen molar-refractivity contribution in [2.45, 2.75) is 39.2 Å². The van der Waals surface area contributed by atoms with Crippen LogP contribution in [0.2, 0.25) is 0 Å². The molecule has 1 aliphatic heterocycles. The molecule has 2 heterocycles. The summed E-state index contributed by atoms with van der Waals surface area (Å²) in [5.41, 5.74) is 0.281. The Balaban J connectivity index is 1.89. The van der Waals surface area contributed by atoms with Crippen LogP contribution < -0.4 is 0 Å². The Morgan fingerprint density at radius 2 is 2.09 bits per heavy atom. The molecule has 0 bridgehead atoms. The number of benzene rings is 1. The van der Waals surface area contributed by atoms with E-state index in [1.54, 1.807) is 18.2 Å². The highest BCUT2D eigenvalue weighted by molar-refractivity contribution is 5.78. The van der Waals surface area contributed by atoms with Gasteiger partial charge in [-0.2, -0.15) is 0 Å². The first-order valence-corrected chi connectivity index (χ1v) is 7.96. The number of halogens is 1. The van der Waals surface area contributed by atoms with Gasteiger partial charge in [-0.05, 0) is 31.4 Å². The lowest BCUT2D eigenvalue weighted by Crippen LogP contribution is -2.40. The standard InChI is InChI=1S/C17H20FN3O2/c1-11(2)17(22)21-10-6-5-9-14(21)16-20-19-15(23-16)12-7-3-4-8-13(12)18/h3-4,7-8,11,14H,5-6,9-10H2,1-2H3/t14-/m0/s1. The zero-order chi connectivity index (χ0) is 16.4. The minimum atomic E-state index is -0.401. The van der Waals surface area contributed by atoms with Crippen LogP contribution >= 0.6 is 0 Å². The molecule has 1 saturated heterocycles.